The maximum atomic E-state index is 12.0. The van der Waals surface area contributed by atoms with Crippen molar-refractivity contribution in [3.63, 3.8) is 0 Å². The summed E-state index contributed by atoms with van der Waals surface area (Å²) in [6.07, 6.45) is 1.26. The van der Waals surface area contributed by atoms with Gasteiger partial charge < -0.3 is 14.8 Å². The minimum absolute atomic E-state index is 0.0404. The largest absolute Gasteiger partial charge is 0.469 e. The van der Waals surface area contributed by atoms with Gasteiger partial charge in [-0.2, -0.15) is 0 Å². The molecule has 1 fully saturated rings. The van der Waals surface area contributed by atoms with Crippen molar-refractivity contribution >= 4 is 34.8 Å². The lowest BCUT2D eigenvalue weighted by molar-refractivity contribution is -0.145. The minimum Gasteiger partial charge on any atom is -0.469 e. The molecule has 1 amide bonds. The van der Waals surface area contributed by atoms with Crippen LogP contribution in [0.2, 0.25) is 4.34 Å². The number of hydrogen-bond acceptors (Lipinski definition) is 5. The molecule has 3 atom stereocenters. The zero-order valence-electron chi connectivity index (χ0n) is 11.9. The van der Waals surface area contributed by atoms with Gasteiger partial charge in [-0.25, -0.2) is 0 Å². The molecule has 7 heteroatoms. The highest BCUT2D eigenvalue weighted by Gasteiger charge is 2.38. The van der Waals surface area contributed by atoms with E-state index in [0.717, 1.165) is 0 Å². The first-order valence-corrected chi connectivity index (χ1v) is 7.88. The molecule has 1 aliphatic carbocycles. The van der Waals surface area contributed by atoms with Crippen LogP contribution in [0, 0.1) is 11.8 Å². The molecule has 2 rings (SSSR count). The second-order valence-corrected chi connectivity index (χ2v) is 6.75. The van der Waals surface area contributed by atoms with Gasteiger partial charge in [0.25, 0.3) is 5.91 Å². The maximum Gasteiger partial charge on any atom is 0.308 e. The van der Waals surface area contributed by atoms with Gasteiger partial charge in [0.1, 0.15) is 0 Å². The van der Waals surface area contributed by atoms with Gasteiger partial charge in [0.15, 0.2) is 0 Å². The number of nitrogens with one attached hydrogen (secondary N) is 1. The van der Waals surface area contributed by atoms with Crippen molar-refractivity contribution in [3.05, 3.63) is 21.3 Å². The quantitative estimate of drug-likeness (QED) is 0.841. The molecule has 1 aliphatic rings. The molecule has 0 bridgehead atoms. The molecule has 0 saturated heterocycles. The predicted molar refractivity (Wildman–Crippen MR) is 80.7 cm³/mol. The number of carbonyl (C=O) groups excluding carboxylic acids is 2. The summed E-state index contributed by atoms with van der Waals surface area (Å²) < 4.78 is 10.8. The van der Waals surface area contributed by atoms with E-state index >= 15 is 0 Å². The lowest BCUT2D eigenvalue weighted by Crippen LogP contribution is -2.32. The van der Waals surface area contributed by atoms with Gasteiger partial charge in [-0.15, -0.1) is 11.3 Å². The lowest BCUT2D eigenvalue weighted by atomic mass is 10.0. The Labute approximate surface area is 132 Å². The standard InChI is InChI=1S/C14H18ClNO4S/c1-19-10-6-8(14(18)20-2)5-9(10)7-16-13(17)11-3-4-12(15)21-11/h3-4,8-10H,5-7H2,1-2H3,(H,16,17). The van der Waals surface area contributed by atoms with Crippen LogP contribution in [0.1, 0.15) is 22.5 Å². The molecular weight excluding hydrogens is 314 g/mol. The maximum absolute atomic E-state index is 12.0. The monoisotopic (exact) mass is 331 g/mol. The van der Waals surface area contributed by atoms with E-state index in [-0.39, 0.29) is 29.8 Å². The molecule has 1 saturated carbocycles. The van der Waals surface area contributed by atoms with E-state index in [2.05, 4.69) is 5.32 Å². The third-order valence-electron chi connectivity index (χ3n) is 3.79. The molecule has 0 aliphatic heterocycles. The first-order chi connectivity index (χ1) is 10.0. The number of esters is 1. The zero-order valence-corrected chi connectivity index (χ0v) is 13.5. The summed E-state index contributed by atoms with van der Waals surface area (Å²) in [5.41, 5.74) is 0. The van der Waals surface area contributed by atoms with Gasteiger partial charge in [0, 0.05) is 19.6 Å². The Morgan fingerprint density at radius 3 is 2.71 bits per heavy atom. The summed E-state index contributed by atoms with van der Waals surface area (Å²) in [5, 5.41) is 2.88. The summed E-state index contributed by atoms with van der Waals surface area (Å²) in [7, 11) is 3.01. The average Bonchev–Trinajstić information content (AvgIpc) is 3.09. The van der Waals surface area contributed by atoms with E-state index in [0.29, 0.717) is 28.6 Å². The van der Waals surface area contributed by atoms with E-state index in [1.54, 1.807) is 19.2 Å². The van der Waals surface area contributed by atoms with E-state index in [1.807, 2.05) is 0 Å². The first-order valence-electron chi connectivity index (χ1n) is 6.69. The van der Waals surface area contributed by atoms with Crippen molar-refractivity contribution in [2.75, 3.05) is 20.8 Å². The number of ether oxygens (including phenoxy) is 2. The summed E-state index contributed by atoms with van der Waals surface area (Å²) in [6.45, 7) is 0.473. The third kappa shape index (κ3) is 3.96. The Kier molecular flexibility index (Phi) is 5.61. The van der Waals surface area contributed by atoms with Gasteiger partial charge in [-0.3, -0.25) is 9.59 Å². The van der Waals surface area contributed by atoms with Crippen LogP contribution >= 0.6 is 22.9 Å². The van der Waals surface area contributed by atoms with Crippen LogP contribution in [-0.2, 0) is 14.3 Å². The Bertz CT molecular complexity index is 519. The summed E-state index contributed by atoms with van der Waals surface area (Å²) in [6, 6.07) is 3.39. The van der Waals surface area contributed by atoms with E-state index in [1.165, 1.54) is 18.4 Å². The fourth-order valence-corrected chi connectivity index (χ4v) is 3.66. The molecule has 0 spiro atoms. The third-order valence-corrected chi connectivity index (χ3v) is 5.02. The lowest BCUT2D eigenvalue weighted by Gasteiger charge is -2.18. The van der Waals surface area contributed by atoms with Crippen LogP contribution in [0.3, 0.4) is 0 Å². The fourth-order valence-electron chi connectivity index (χ4n) is 2.70. The number of carbonyl (C=O) groups is 2. The molecule has 1 heterocycles. The molecule has 21 heavy (non-hydrogen) atoms. The van der Waals surface area contributed by atoms with Crippen molar-refractivity contribution in [1.29, 1.82) is 0 Å². The van der Waals surface area contributed by atoms with Gasteiger partial charge >= 0.3 is 5.97 Å². The number of halogens is 1. The van der Waals surface area contributed by atoms with Crippen LogP contribution in [0.4, 0.5) is 0 Å². The minimum atomic E-state index is -0.212. The highest BCUT2D eigenvalue weighted by Crippen LogP contribution is 2.33. The molecule has 0 aromatic carbocycles. The van der Waals surface area contributed by atoms with Gasteiger partial charge in [0.2, 0.25) is 0 Å². The van der Waals surface area contributed by atoms with Crippen LogP contribution in [0.25, 0.3) is 0 Å². The highest BCUT2D eigenvalue weighted by atomic mass is 35.5. The van der Waals surface area contributed by atoms with Crippen molar-refractivity contribution in [3.8, 4) is 0 Å². The summed E-state index contributed by atoms with van der Waals surface area (Å²) >= 11 is 7.06. The average molecular weight is 332 g/mol. The predicted octanol–water partition coefficient (Wildman–Crippen LogP) is 2.35. The Balaban J connectivity index is 1.89. The number of hydrogen-bond donors (Lipinski definition) is 1. The van der Waals surface area contributed by atoms with Crippen LogP contribution in [0.15, 0.2) is 12.1 Å². The normalized spacial score (nSPS) is 24.8. The molecule has 116 valence electrons. The van der Waals surface area contributed by atoms with Crippen molar-refractivity contribution in [2.24, 2.45) is 11.8 Å². The smallest absolute Gasteiger partial charge is 0.308 e. The Morgan fingerprint density at radius 1 is 1.38 bits per heavy atom. The first kappa shape index (κ1) is 16.3. The van der Waals surface area contributed by atoms with Gasteiger partial charge in [0.05, 0.1) is 28.3 Å². The van der Waals surface area contributed by atoms with Crippen LogP contribution in [0.5, 0.6) is 0 Å². The molecule has 5 nitrogen and oxygen atoms in total. The number of thiophene rings is 1. The molecular formula is C14H18ClNO4S. The van der Waals surface area contributed by atoms with Crippen molar-refractivity contribution in [2.45, 2.75) is 18.9 Å². The molecule has 1 aromatic rings. The molecule has 0 radical (unpaired) electrons. The number of rotatable bonds is 5. The second kappa shape index (κ2) is 7.24. The Hall–Kier alpha value is -1.11. The van der Waals surface area contributed by atoms with Gasteiger partial charge in [-0.1, -0.05) is 11.6 Å². The van der Waals surface area contributed by atoms with E-state index in [4.69, 9.17) is 21.1 Å². The molecule has 3 unspecified atom stereocenters. The van der Waals surface area contributed by atoms with Gasteiger partial charge in [-0.05, 0) is 25.0 Å². The second-order valence-electron chi connectivity index (χ2n) is 5.04. The molecule has 1 aromatic heterocycles. The Morgan fingerprint density at radius 2 is 2.14 bits per heavy atom. The van der Waals surface area contributed by atoms with E-state index in [9.17, 15) is 9.59 Å². The van der Waals surface area contributed by atoms with E-state index < -0.39 is 0 Å². The number of methoxy groups -OCH3 is 2. The fraction of sp³-hybridized carbons (Fsp3) is 0.571. The summed E-state index contributed by atoms with van der Waals surface area (Å²) in [4.78, 5) is 24.2. The molecule has 1 N–H and O–H groups in total. The topological polar surface area (TPSA) is 64.6 Å². The number of amides is 1. The highest BCUT2D eigenvalue weighted by molar-refractivity contribution is 7.17. The van der Waals surface area contributed by atoms with Crippen molar-refractivity contribution in [1.82, 2.24) is 5.32 Å². The van der Waals surface area contributed by atoms with Crippen LogP contribution in [-0.4, -0.2) is 38.7 Å². The van der Waals surface area contributed by atoms with Crippen molar-refractivity contribution < 1.29 is 19.1 Å². The SMILES string of the molecule is COC(=O)C1CC(CNC(=O)c2ccc(Cl)s2)C(OC)C1. The zero-order chi connectivity index (χ0) is 15.4. The summed E-state index contributed by atoms with van der Waals surface area (Å²) in [5.74, 6) is -0.407. The van der Waals surface area contributed by atoms with Crippen LogP contribution < -0.4 is 5.32 Å².